The predicted octanol–water partition coefficient (Wildman–Crippen LogP) is 2.45. The molecule has 0 radical (unpaired) electrons. The Labute approximate surface area is 98.7 Å². The Kier molecular flexibility index (Phi) is 3.31. The molecule has 2 aromatic rings. The lowest BCUT2D eigenvalue weighted by Crippen LogP contribution is -2.04. The Hall–Kier alpha value is -1.68. The van der Waals surface area contributed by atoms with E-state index < -0.39 is 0 Å². The first kappa shape index (κ1) is 10.8. The van der Waals surface area contributed by atoms with Gasteiger partial charge in [-0.25, -0.2) is 9.97 Å². The van der Waals surface area contributed by atoms with Gasteiger partial charge in [-0.05, 0) is 24.1 Å². The van der Waals surface area contributed by atoms with Gasteiger partial charge in [-0.3, -0.25) is 4.98 Å². The van der Waals surface area contributed by atoms with E-state index in [9.17, 15) is 0 Å². The van der Waals surface area contributed by atoms with Crippen molar-refractivity contribution in [3.63, 3.8) is 0 Å². The van der Waals surface area contributed by atoms with Crippen LogP contribution in [0.15, 0.2) is 30.9 Å². The second-order valence-electron chi connectivity index (χ2n) is 3.38. The third kappa shape index (κ3) is 2.67. The van der Waals surface area contributed by atoms with Crippen LogP contribution >= 0.6 is 11.6 Å². The number of aryl methyl sites for hydroxylation is 1. The summed E-state index contributed by atoms with van der Waals surface area (Å²) in [4.78, 5) is 12.2. The quantitative estimate of drug-likeness (QED) is 0.886. The van der Waals surface area contributed by atoms with Gasteiger partial charge in [0.15, 0.2) is 0 Å². The fourth-order valence-electron chi connectivity index (χ4n) is 1.26. The highest BCUT2D eigenvalue weighted by molar-refractivity contribution is 6.30. The normalized spacial score (nSPS) is 10.1. The Balaban J connectivity index is 2.02. The minimum Gasteiger partial charge on any atom is -0.350 e. The molecular weight excluding hydrogens is 224 g/mol. The summed E-state index contributed by atoms with van der Waals surface area (Å²) in [5, 5.41) is 3.64. The van der Waals surface area contributed by atoms with Crippen molar-refractivity contribution in [2.24, 2.45) is 0 Å². The summed E-state index contributed by atoms with van der Waals surface area (Å²) in [7, 11) is 0. The zero-order chi connectivity index (χ0) is 11.4. The van der Waals surface area contributed by atoms with E-state index in [1.54, 1.807) is 18.6 Å². The van der Waals surface area contributed by atoms with Gasteiger partial charge in [0.25, 0.3) is 0 Å². The lowest BCUT2D eigenvalue weighted by atomic mass is 10.2. The topological polar surface area (TPSA) is 50.7 Å². The van der Waals surface area contributed by atoms with Crippen molar-refractivity contribution >= 4 is 17.5 Å². The van der Waals surface area contributed by atoms with Gasteiger partial charge >= 0.3 is 0 Å². The van der Waals surface area contributed by atoms with Crippen molar-refractivity contribution in [3.05, 3.63) is 47.0 Å². The Morgan fingerprint density at radius 3 is 2.69 bits per heavy atom. The molecule has 0 aliphatic carbocycles. The second-order valence-corrected chi connectivity index (χ2v) is 3.82. The van der Waals surface area contributed by atoms with Gasteiger partial charge in [0.05, 0.1) is 17.4 Å². The molecule has 4 nitrogen and oxygen atoms in total. The lowest BCUT2D eigenvalue weighted by molar-refractivity contribution is 1.03. The van der Waals surface area contributed by atoms with E-state index in [0.717, 1.165) is 5.56 Å². The number of aromatic nitrogens is 3. The molecule has 0 aromatic carbocycles. The fourth-order valence-corrected chi connectivity index (χ4v) is 1.36. The van der Waals surface area contributed by atoms with Crippen molar-refractivity contribution in [2.45, 2.75) is 13.5 Å². The monoisotopic (exact) mass is 234 g/mol. The van der Waals surface area contributed by atoms with Crippen LogP contribution in [-0.4, -0.2) is 15.0 Å². The maximum atomic E-state index is 5.69. The molecule has 0 aliphatic heterocycles. The van der Waals surface area contributed by atoms with Crippen LogP contribution in [0.1, 0.15) is 11.1 Å². The van der Waals surface area contributed by atoms with Gasteiger partial charge in [-0.1, -0.05) is 11.6 Å². The first-order valence-corrected chi connectivity index (χ1v) is 5.24. The molecule has 0 amide bonds. The minimum absolute atomic E-state index is 0.531. The average molecular weight is 235 g/mol. The molecule has 0 aliphatic rings. The molecule has 2 rings (SSSR count). The number of nitrogens with one attached hydrogen (secondary N) is 1. The smallest absolute Gasteiger partial charge is 0.222 e. The highest BCUT2D eigenvalue weighted by Gasteiger charge is 1.99. The van der Waals surface area contributed by atoms with Gasteiger partial charge in [-0.15, -0.1) is 0 Å². The van der Waals surface area contributed by atoms with Gasteiger partial charge in [-0.2, -0.15) is 0 Å². The third-order valence-electron chi connectivity index (χ3n) is 2.20. The van der Waals surface area contributed by atoms with Crippen LogP contribution < -0.4 is 5.32 Å². The number of halogens is 1. The van der Waals surface area contributed by atoms with Gasteiger partial charge in [0.2, 0.25) is 5.95 Å². The number of anilines is 1. The van der Waals surface area contributed by atoms with E-state index >= 15 is 0 Å². The summed E-state index contributed by atoms with van der Waals surface area (Å²) in [6.45, 7) is 2.70. The summed E-state index contributed by atoms with van der Waals surface area (Å²) in [5.41, 5.74) is 2.32. The number of nitrogens with zero attached hydrogens (tertiary/aromatic N) is 3. The summed E-state index contributed by atoms with van der Waals surface area (Å²) >= 11 is 5.69. The van der Waals surface area contributed by atoms with Crippen molar-refractivity contribution < 1.29 is 0 Å². The summed E-state index contributed by atoms with van der Waals surface area (Å²) in [5.74, 6) is 0.563. The largest absolute Gasteiger partial charge is 0.350 e. The molecule has 0 unspecified atom stereocenters. The molecule has 0 bridgehead atoms. The Morgan fingerprint density at radius 2 is 2.00 bits per heavy atom. The van der Waals surface area contributed by atoms with Crippen LogP contribution in [0, 0.1) is 6.92 Å². The summed E-state index contributed by atoms with van der Waals surface area (Å²) in [6, 6.07) is 1.97. The van der Waals surface area contributed by atoms with E-state index in [1.807, 2.05) is 19.2 Å². The molecule has 82 valence electrons. The van der Waals surface area contributed by atoms with Crippen LogP contribution in [0.5, 0.6) is 0 Å². The highest BCUT2D eigenvalue weighted by atomic mass is 35.5. The van der Waals surface area contributed by atoms with Gasteiger partial charge in [0.1, 0.15) is 0 Å². The molecule has 0 fully saturated rings. The van der Waals surface area contributed by atoms with Gasteiger partial charge in [0, 0.05) is 18.9 Å². The van der Waals surface area contributed by atoms with E-state index in [2.05, 4.69) is 20.3 Å². The van der Waals surface area contributed by atoms with Crippen LogP contribution in [-0.2, 0) is 6.54 Å². The average Bonchev–Trinajstić information content (AvgIpc) is 2.30. The standard InChI is InChI=1S/C11H11ClN4/c1-8-2-3-13-4-9(8)5-14-11-15-6-10(12)7-16-11/h2-4,6-7H,5H2,1H3,(H,14,15,16). The molecule has 2 heterocycles. The Bertz CT molecular complexity index is 470. The SMILES string of the molecule is Cc1ccncc1CNc1ncc(Cl)cn1. The molecule has 0 saturated carbocycles. The lowest BCUT2D eigenvalue weighted by Gasteiger charge is -2.06. The van der Waals surface area contributed by atoms with Crippen molar-refractivity contribution in [1.29, 1.82) is 0 Å². The van der Waals surface area contributed by atoms with E-state index in [1.165, 1.54) is 5.56 Å². The predicted molar refractivity (Wildman–Crippen MR) is 63.3 cm³/mol. The molecule has 0 spiro atoms. The fraction of sp³-hybridized carbons (Fsp3) is 0.182. The maximum absolute atomic E-state index is 5.69. The van der Waals surface area contributed by atoms with E-state index in [0.29, 0.717) is 17.5 Å². The number of rotatable bonds is 3. The zero-order valence-corrected chi connectivity index (χ0v) is 9.57. The van der Waals surface area contributed by atoms with Gasteiger partial charge < -0.3 is 5.32 Å². The molecule has 16 heavy (non-hydrogen) atoms. The molecule has 5 heteroatoms. The van der Waals surface area contributed by atoms with Crippen LogP contribution in [0.3, 0.4) is 0 Å². The molecule has 0 atom stereocenters. The molecule has 0 saturated heterocycles. The second kappa shape index (κ2) is 4.90. The first-order chi connectivity index (χ1) is 7.75. The molecular formula is C11H11ClN4. The Morgan fingerprint density at radius 1 is 1.25 bits per heavy atom. The number of pyridine rings is 1. The first-order valence-electron chi connectivity index (χ1n) is 4.86. The molecule has 2 aromatic heterocycles. The highest BCUT2D eigenvalue weighted by Crippen LogP contribution is 2.09. The van der Waals surface area contributed by atoms with Crippen LogP contribution in [0.2, 0.25) is 5.02 Å². The number of hydrogen-bond donors (Lipinski definition) is 1. The van der Waals surface area contributed by atoms with Crippen LogP contribution in [0.4, 0.5) is 5.95 Å². The third-order valence-corrected chi connectivity index (χ3v) is 2.40. The minimum atomic E-state index is 0.531. The summed E-state index contributed by atoms with van der Waals surface area (Å²) in [6.07, 6.45) is 6.73. The van der Waals surface area contributed by atoms with Crippen molar-refractivity contribution in [2.75, 3.05) is 5.32 Å². The van der Waals surface area contributed by atoms with E-state index in [-0.39, 0.29) is 0 Å². The summed E-state index contributed by atoms with van der Waals surface area (Å²) < 4.78 is 0. The maximum Gasteiger partial charge on any atom is 0.222 e. The molecule has 1 N–H and O–H groups in total. The van der Waals surface area contributed by atoms with Crippen molar-refractivity contribution in [1.82, 2.24) is 15.0 Å². The van der Waals surface area contributed by atoms with E-state index in [4.69, 9.17) is 11.6 Å². The van der Waals surface area contributed by atoms with Crippen LogP contribution in [0.25, 0.3) is 0 Å². The number of hydrogen-bond acceptors (Lipinski definition) is 4. The zero-order valence-electron chi connectivity index (χ0n) is 8.81. The van der Waals surface area contributed by atoms with Crippen molar-refractivity contribution in [3.8, 4) is 0 Å².